The number of ether oxygens (including phenoxy) is 2. The fraction of sp³-hybridized carbons (Fsp3) is 0.240. The van der Waals surface area contributed by atoms with Gasteiger partial charge in [0.05, 0.1) is 10.6 Å². The summed E-state index contributed by atoms with van der Waals surface area (Å²) in [5, 5.41) is 3.04. The van der Waals surface area contributed by atoms with Crippen LogP contribution >= 0.6 is 0 Å². The Kier molecular flexibility index (Phi) is 6.12. The third-order valence-corrected chi connectivity index (χ3v) is 7.27. The third-order valence-electron chi connectivity index (χ3n) is 5.89. The average Bonchev–Trinajstić information content (AvgIpc) is 3.48. The fourth-order valence-electron chi connectivity index (χ4n) is 4.18. The number of rotatable bonds is 7. The summed E-state index contributed by atoms with van der Waals surface area (Å²) in [4.78, 5) is 15.2. The molecule has 34 heavy (non-hydrogen) atoms. The molecule has 1 amide bonds. The summed E-state index contributed by atoms with van der Waals surface area (Å²) in [6, 6.07) is 21.1. The molecule has 2 aliphatic rings. The summed E-state index contributed by atoms with van der Waals surface area (Å²) >= 11 is 0. The minimum atomic E-state index is -3.89. The summed E-state index contributed by atoms with van der Waals surface area (Å²) in [6.07, 6.45) is 0.849. The highest BCUT2D eigenvalue weighted by Gasteiger charge is 2.25. The van der Waals surface area contributed by atoms with E-state index >= 15 is 0 Å². The monoisotopic (exact) mass is 479 g/mol. The van der Waals surface area contributed by atoms with E-state index < -0.39 is 10.0 Å². The number of anilines is 1. The molecule has 176 valence electrons. The van der Waals surface area contributed by atoms with Crippen molar-refractivity contribution in [2.45, 2.75) is 23.9 Å². The Labute approximate surface area is 198 Å². The minimum Gasteiger partial charge on any atom is -0.454 e. The quantitative estimate of drug-likeness (QED) is 0.540. The minimum absolute atomic E-state index is 0.00921. The van der Waals surface area contributed by atoms with Gasteiger partial charge in [-0.25, -0.2) is 8.42 Å². The van der Waals surface area contributed by atoms with Crippen molar-refractivity contribution < 1.29 is 22.7 Å². The Hall–Kier alpha value is -3.56. The molecule has 2 heterocycles. The largest absolute Gasteiger partial charge is 0.454 e. The van der Waals surface area contributed by atoms with E-state index in [1.165, 1.54) is 17.7 Å². The molecule has 0 bridgehead atoms. The van der Waals surface area contributed by atoms with Crippen molar-refractivity contribution in [3.8, 4) is 11.5 Å². The fourth-order valence-corrected chi connectivity index (χ4v) is 5.28. The van der Waals surface area contributed by atoms with Crippen LogP contribution in [-0.2, 0) is 16.6 Å². The van der Waals surface area contributed by atoms with Crippen LogP contribution < -0.4 is 19.5 Å². The molecule has 0 aliphatic carbocycles. The molecule has 1 fully saturated rings. The topological polar surface area (TPSA) is 97.0 Å². The second-order valence-corrected chi connectivity index (χ2v) is 10.1. The molecular formula is C25H25N3O5S. The maximum atomic E-state index is 12.9. The molecule has 8 nitrogen and oxygen atoms in total. The number of nitrogens with zero attached hydrogens (tertiary/aromatic N) is 1. The lowest BCUT2D eigenvalue weighted by molar-refractivity contribution is 0.0937. The summed E-state index contributed by atoms with van der Waals surface area (Å²) in [5.41, 5.74) is 1.89. The van der Waals surface area contributed by atoms with Crippen molar-refractivity contribution in [2.24, 2.45) is 0 Å². The van der Waals surface area contributed by atoms with Gasteiger partial charge in [0.1, 0.15) is 0 Å². The van der Waals surface area contributed by atoms with Crippen molar-refractivity contribution in [3.63, 3.8) is 0 Å². The van der Waals surface area contributed by atoms with Gasteiger partial charge in [-0.05, 0) is 42.3 Å². The van der Waals surface area contributed by atoms with Crippen molar-refractivity contribution in [3.05, 3.63) is 83.9 Å². The van der Waals surface area contributed by atoms with Crippen molar-refractivity contribution in [2.75, 3.05) is 24.6 Å². The molecule has 2 N–H and O–H groups in total. The van der Waals surface area contributed by atoms with Gasteiger partial charge in [0.2, 0.25) is 6.79 Å². The lowest BCUT2D eigenvalue weighted by Gasteiger charge is -2.17. The van der Waals surface area contributed by atoms with Gasteiger partial charge in [-0.15, -0.1) is 0 Å². The first kappa shape index (κ1) is 22.2. The molecule has 0 saturated carbocycles. The molecule has 1 saturated heterocycles. The zero-order valence-corrected chi connectivity index (χ0v) is 19.3. The highest BCUT2D eigenvalue weighted by molar-refractivity contribution is 7.92. The van der Waals surface area contributed by atoms with E-state index in [1.54, 1.807) is 30.3 Å². The molecule has 1 unspecified atom stereocenters. The van der Waals surface area contributed by atoms with E-state index in [0.29, 0.717) is 22.7 Å². The van der Waals surface area contributed by atoms with Gasteiger partial charge in [-0.3, -0.25) is 14.4 Å². The van der Waals surface area contributed by atoms with Gasteiger partial charge in [-0.1, -0.05) is 36.4 Å². The number of carbonyl (C=O) groups is 1. The van der Waals surface area contributed by atoms with Crippen molar-refractivity contribution >= 4 is 21.6 Å². The van der Waals surface area contributed by atoms with E-state index in [1.807, 2.05) is 18.2 Å². The summed E-state index contributed by atoms with van der Waals surface area (Å²) < 4.78 is 38.9. The van der Waals surface area contributed by atoms with E-state index in [4.69, 9.17) is 9.47 Å². The van der Waals surface area contributed by atoms with Crippen LogP contribution in [0.5, 0.6) is 11.5 Å². The number of benzene rings is 3. The second kappa shape index (κ2) is 9.36. The van der Waals surface area contributed by atoms with Gasteiger partial charge >= 0.3 is 0 Å². The Bertz CT molecular complexity index is 1300. The number of hydrogen-bond donors (Lipinski definition) is 2. The smallest absolute Gasteiger partial charge is 0.261 e. The summed E-state index contributed by atoms with van der Waals surface area (Å²) in [5.74, 6) is 0.758. The number of amides is 1. The van der Waals surface area contributed by atoms with Crippen LogP contribution in [0, 0.1) is 0 Å². The van der Waals surface area contributed by atoms with E-state index in [2.05, 4.69) is 27.1 Å². The van der Waals surface area contributed by atoms with Gasteiger partial charge in [0.25, 0.3) is 15.9 Å². The lowest BCUT2D eigenvalue weighted by Crippen LogP contribution is -2.37. The molecule has 3 aromatic rings. The zero-order valence-electron chi connectivity index (χ0n) is 18.4. The second-order valence-electron chi connectivity index (χ2n) is 8.38. The Balaban J connectivity index is 1.22. The van der Waals surface area contributed by atoms with Crippen molar-refractivity contribution in [1.82, 2.24) is 10.2 Å². The van der Waals surface area contributed by atoms with Gasteiger partial charge in [-0.2, -0.15) is 0 Å². The predicted molar refractivity (Wildman–Crippen MR) is 127 cm³/mol. The molecule has 2 aliphatic heterocycles. The normalized spacial score (nSPS) is 17.5. The van der Waals surface area contributed by atoms with Crippen LogP contribution in [0.15, 0.2) is 77.7 Å². The molecule has 5 rings (SSSR count). The highest BCUT2D eigenvalue weighted by Crippen LogP contribution is 2.34. The van der Waals surface area contributed by atoms with E-state index in [9.17, 15) is 13.2 Å². The number of carbonyl (C=O) groups excluding carboxylic acids is 1. The average molecular weight is 480 g/mol. The van der Waals surface area contributed by atoms with Crippen LogP contribution in [0.2, 0.25) is 0 Å². The Morgan fingerprint density at radius 2 is 1.79 bits per heavy atom. The molecular weight excluding hydrogens is 454 g/mol. The zero-order chi connectivity index (χ0) is 23.5. The predicted octanol–water partition coefficient (Wildman–Crippen LogP) is 3.22. The van der Waals surface area contributed by atoms with Gasteiger partial charge < -0.3 is 14.8 Å². The van der Waals surface area contributed by atoms with E-state index in [-0.39, 0.29) is 23.6 Å². The number of nitrogens with one attached hydrogen (secondary N) is 2. The lowest BCUT2D eigenvalue weighted by atomic mass is 10.2. The number of hydrogen-bond acceptors (Lipinski definition) is 6. The Morgan fingerprint density at radius 3 is 2.65 bits per heavy atom. The maximum Gasteiger partial charge on any atom is 0.261 e. The summed E-state index contributed by atoms with van der Waals surface area (Å²) in [6.45, 7) is 2.60. The maximum absolute atomic E-state index is 12.9. The third kappa shape index (κ3) is 5.00. The van der Waals surface area contributed by atoms with Crippen LogP contribution in [0.1, 0.15) is 22.3 Å². The van der Waals surface area contributed by atoms with Crippen molar-refractivity contribution in [1.29, 1.82) is 0 Å². The molecule has 1 atom stereocenters. The van der Waals surface area contributed by atoms with E-state index in [0.717, 1.165) is 26.1 Å². The first-order chi connectivity index (χ1) is 16.5. The van der Waals surface area contributed by atoms with Crippen LogP contribution in [0.3, 0.4) is 0 Å². The van der Waals surface area contributed by atoms with Gasteiger partial charge in [0.15, 0.2) is 11.5 Å². The number of likely N-dealkylation sites (tertiary alicyclic amines) is 1. The first-order valence-electron chi connectivity index (χ1n) is 11.1. The number of fused-ring (bicyclic) bond motifs is 1. The molecule has 3 aromatic carbocycles. The Morgan fingerprint density at radius 1 is 0.971 bits per heavy atom. The molecule has 0 spiro atoms. The van der Waals surface area contributed by atoms with Crippen LogP contribution in [0.25, 0.3) is 0 Å². The molecule has 9 heteroatoms. The summed E-state index contributed by atoms with van der Waals surface area (Å²) in [7, 11) is -3.89. The highest BCUT2D eigenvalue weighted by atomic mass is 32.2. The number of sulfonamides is 1. The van der Waals surface area contributed by atoms with Crippen LogP contribution in [0.4, 0.5) is 5.69 Å². The standard InChI is InChI=1S/C25H25N3O5S/c29-25(26-21-11-12-28(16-21)15-18-5-2-1-3-6-18)19-7-4-8-22(13-19)34(30,31)27-20-9-10-23-24(14-20)33-17-32-23/h1-10,13-14,21,27H,11-12,15-17H2,(H,26,29). The first-order valence-corrected chi connectivity index (χ1v) is 12.5. The molecule has 0 radical (unpaired) electrons. The molecule has 0 aromatic heterocycles. The van der Waals surface area contributed by atoms with Gasteiger partial charge in [0, 0.05) is 37.3 Å². The SMILES string of the molecule is O=C(NC1CCN(Cc2ccccc2)C1)c1cccc(S(=O)(=O)Nc2ccc3c(c2)OCO3)c1. The van der Waals surface area contributed by atoms with Crippen LogP contribution in [-0.4, -0.2) is 45.1 Å².